The number of nitrogens with zero attached hydrogens (tertiary/aromatic N) is 2. The molecule has 1 rings (SSSR count). The van der Waals surface area contributed by atoms with E-state index in [1.54, 1.807) is 22.8 Å². The summed E-state index contributed by atoms with van der Waals surface area (Å²) in [5, 5.41) is 0. The first-order valence-electron chi connectivity index (χ1n) is 6.86. The molecule has 1 aliphatic rings. The molecule has 1 heterocycles. The van der Waals surface area contributed by atoms with E-state index < -0.39 is 0 Å². The van der Waals surface area contributed by atoms with E-state index in [1.807, 2.05) is 13.8 Å². The van der Waals surface area contributed by atoms with Gasteiger partial charge < -0.3 is 21.3 Å². The topological polar surface area (TPSA) is 92.7 Å². The Kier molecular flexibility index (Phi) is 8.12. The maximum atomic E-state index is 12.0. The van der Waals surface area contributed by atoms with E-state index in [9.17, 15) is 9.59 Å². The average Bonchev–Trinajstić information content (AvgIpc) is 2.48. The fraction of sp³-hybridized carbons (Fsp3) is 0.571. The minimum atomic E-state index is -0.209. The van der Waals surface area contributed by atoms with E-state index in [-0.39, 0.29) is 17.5 Å². The second kappa shape index (κ2) is 9.01. The molecule has 1 saturated heterocycles. The summed E-state index contributed by atoms with van der Waals surface area (Å²) >= 11 is 0. The zero-order valence-electron chi connectivity index (χ0n) is 12.8. The molecule has 0 saturated carbocycles. The minimum Gasteiger partial charge on any atom is -0.404 e. The molecule has 0 aromatic heterocycles. The van der Waals surface area contributed by atoms with E-state index in [4.69, 9.17) is 11.5 Å². The maximum Gasteiger partial charge on any atom is 0.269 e. The van der Waals surface area contributed by atoms with Crippen LogP contribution in [0.5, 0.6) is 0 Å². The van der Waals surface area contributed by atoms with Gasteiger partial charge in [0.15, 0.2) is 0 Å². The van der Waals surface area contributed by atoms with Crippen LogP contribution in [-0.2, 0) is 9.59 Å². The Hall–Kier alpha value is -1.98. The molecule has 114 valence electrons. The van der Waals surface area contributed by atoms with Crippen molar-refractivity contribution in [3.63, 3.8) is 0 Å². The van der Waals surface area contributed by atoms with Gasteiger partial charge in [-0.2, -0.15) is 0 Å². The lowest BCUT2D eigenvalue weighted by Crippen LogP contribution is -2.51. The molecule has 0 spiro atoms. The number of amides is 2. The third-order valence-electron chi connectivity index (χ3n) is 2.91. The molecule has 0 aromatic rings. The Morgan fingerprint density at radius 3 is 1.85 bits per heavy atom. The Balaban J connectivity index is 0.00000172. The molecule has 4 N–H and O–H groups in total. The first kappa shape index (κ1) is 18.0. The van der Waals surface area contributed by atoms with Gasteiger partial charge in [0, 0.05) is 33.1 Å². The molecular weight excluding hydrogens is 256 g/mol. The Bertz CT molecular complexity index is 394. The lowest BCUT2D eigenvalue weighted by Gasteiger charge is -2.34. The van der Waals surface area contributed by atoms with Crippen LogP contribution >= 0.6 is 0 Å². The fourth-order valence-corrected chi connectivity index (χ4v) is 1.76. The summed E-state index contributed by atoms with van der Waals surface area (Å²) < 4.78 is 0. The van der Waals surface area contributed by atoms with Gasteiger partial charge in [-0.05, 0) is 24.8 Å². The Labute approximate surface area is 121 Å². The first-order chi connectivity index (χ1) is 9.45. The number of rotatable bonds is 2. The highest BCUT2D eigenvalue weighted by Gasteiger charge is 2.23. The fourth-order valence-electron chi connectivity index (χ4n) is 1.76. The van der Waals surface area contributed by atoms with Crippen LogP contribution in [0.25, 0.3) is 0 Å². The second-order valence-corrected chi connectivity index (χ2v) is 4.31. The first-order valence-corrected chi connectivity index (χ1v) is 6.86. The minimum absolute atomic E-state index is 0.0347. The number of nitrogens with two attached hydrogens (primary N) is 2. The predicted octanol–water partition coefficient (Wildman–Crippen LogP) is 0.408. The molecule has 0 atom stereocenters. The van der Waals surface area contributed by atoms with Gasteiger partial charge in [-0.25, -0.2) is 0 Å². The highest BCUT2D eigenvalue weighted by Crippen LogP contribution is 2.06. The van der Waals surface area contributed by atoms with E-state index >= 15 is 0 Å². The van der Waals surface area contributed by atoms with Crippen LogP contribution in [0.4, 0.5) is 0 Å². The molecule has 6 heteroatoms. The maximum absolute atomic E-state index is 12.0. The summed E-state index contributed by atoms with van der Waals surface area (Å²) in [5.74, 6) is -0.174. The van der Waals surface area contributed by atoms with Gasteiger partial charge in [0.25, 0.3) is 5.91 Å². The molecule has 6 nitrogen and oxygen atoms in total. The SMILES string of the molecule is CC.CC(=O)N1CCN(C(=O)/C(N)=C/C(C)=C\N)CC1. The predicted molar refractivity (Wildman–Crippen MR) is 80.4 cm³/mol. The molecule has 0 bridgehead atoms. The van der Waals surface area contributed by atoms with Crippen LogP contribution in [-0.4, -0.2) is 47.8 Å². The van der Waals surface area contributed by atoms with Crippen molar-refractivity contribution >= 4 is 11.8 Å². The van der Waals surface area contributed by atoms with Crippen molar-refractivity contribution in [3.8, 4) is 0 Å². The standard InChI is InChI=1S/C12H20N4O2.C2H6/c1-9(8-13)7-11(14)12(18)16-5-3-15(4-6-16)10(2)17;1-2/h7-8H,3-6,13-14H2,1-2H3;1-2H3/b9-8-,11-7-;. The van der Waals surface area contributed by atoms with Crippen LogP contribution in [0.1, 0.15) is 27.7 Å². The molecule has 0 unspecified atom stereocenters. The van der Waals surface area contributed by atoms with Crippen molar-refractivity contribution in [2.24, 2.45) is 11.5 Å². The zero-order valence-corrected chi connectivity index (χ0v) is 12.8. The summed E-state index contributed by atoms with van der Waals surface area (Å²) in [6.45, 7) is 9.44. The lowest BCUT2D eigenvalue weighted by atomic mass is 10.2. The van der Waals surface area contributed by atoms with Crippen molar-refractivity contribution in [2.75, 3.05) is 26.2 Å². The second-order valence-electron chi connectivity index (χ2n) is 4.31. The van der Waals surface area contributed by atoms with Crippen LogP contribution in [0.15, 0.2) is 23.5 Å². The largest absolute Gasteiger partial charge is 0.404 e. The average molecular weight is 282 g/mol. The van der Waals surface area contributed by atoms with Gasteiger partial charge in [-0.1, -0.05) is 13.8 Å². The highest BCUT2D eigenvalue weighted by atomic mass is 16.2. The third-order valence-corrected chi connectivity index (χ3v) is 2.91. The van der Waals surface area contributed by atoms with Crippen molar-refractivity contribution in [2.45, 2.75) is 27.7 Å². The molecule has 2 amide bonds. The van der Waals surface area contributed by atoms with E-state index in [0.29, 0.717) is 26.2 Å². The number of hydrogen-bond acceptors (Lipinski definition) is 4. The summed E-state index contributed by atoms with van der Waals surface area (Å²) in [6.07, 6.45) is 2.95. The number of carbonyl (C=O) groups excluding carboxylic acids is 2. The van der Waals surface area contributed by atoms with Gasteiger partial charge in [-0.15, -0.1) is 0 Å². The van der Waals surface area contributed by atoms with Crippen LogP contribution in [0.3, 0.4) is 0 Å². The molecule has 20 heavy (non-hydrogen) atoms. The number of hydrogen-bond donors (Lipinski definition) is 2. The summed E-state index contributed by atoms with van der Waals surface area (Å²) in [4.78, 5) is 26.5. The van der Waals surface area contributed by atoms with Crippen molar-refractivity contribution in [3.05, 3.63) is 23.5 Å². The number of piperazine rings is 1. The van der Waals surface area contributed by atoms with Crippen LogP contribution in [0, 0.1) is 0 Å². The lowest BCUT2D eigenvalue weighted by molar-refractivity contribution is -0.136. The van der Waals surface area contributed by atoms with Gasteiger partial charge in [0.1, 0.15) is 0 Å². The van der Waals surface area contributed by atoms with E-state index in [0.717, 1.165) is 5.57 Å². The molecule has 1 aliphatic heterocycles. The van der Waals surface area contributed by atoms with Crippen LogP contribution < -0.4 is 11.5 Å². The molecule has 0 radical (unpaired) electrons. The molecule has 0 aliphatic carbocycles. The van der Waals surface area contributed by atoms with Crippen LogP contribution in [0.2, 0.25) is 0 Å². The highest BCUT2D eigenvalue weighted by molar-refractivity contribution is 5.93. The quantitative estimate of drug-likeness (QED) is 0.566. The molecule has 1 fully saturated rings. The van der Waals surface area contributed by atoms with Gasteiger partial charge >= 0.3 is 0 Å². The Morgan fingerprint density at radius 2 is 1.45 bits per heavy atom. The van der Waals surface area contributed by atoms with E-state index in [2.05, 4.69) is 0 Å². The Morgan fingerprint density at radius 1 is 1.00 bits per heavy atom. The normalized spacial score (nSPS) is 16.4. The number of allylic oxidation sites excluding steroid dienone is 2. The monoisotopic (exact) mass is 282 g/mol. The zero-order chi connectivity index (χ0) is 15.7. The molecule has 0 aromatic carbocycles. The number of carbonyl (C=O) groups is 2. The smallest absolute Gasteiger partial charge is 0.269 e. The van der Waals surface area contributed by atoms with Gasteiger partial charge in [0.05, 0.1) is 5.70 Å². The molecular formula is C14H26N4O2. The summed E-state index contributed by atoms with van der Waals surface area (Å²) in [6, 6.07) is 0. The van der Waals surface area contributed by atoms with Gasteiger partial charge in [0.2, 0.25) is 5.91 Å². The van der Waals surface area contributed by atoms with Gasteiger partial charge in [-0.3, -0.25) is 9.59 Å². The summed E-state index contributed by atoms with van der Waals surface area (Å²) in [5.41, 5.74) is 11.9. The van der Waals surface area contributed by atoms with E-state index in [1.165, 1.54) is 13.1 Å². The third kappa shape index (κ3) is 5.34. The summed E-state index contributed by atoms with van der Waals surface area (Å²) in [7, 11) is 0. The van der Waals surface area contributed by atoms with Crippen molar-refractivity contribution < 1.29 is 9.59 Å². The van der Waals surface area contributed by atoms with Crippen molar-refractivity contribution in [1.29, 1.82) is 0 Å². The van der Waals surface area contributed by atoms with Crippen molar-refractivity contribution in [1.82, 2.24) is 9.80 Å².